The average molecular weight is 426 g/mol. The van der Waals surface area contributed by atoms with Crippen LogP contribution in [0.5, 0.6) is 0 Å². The van der Waals surface area contributed by atoms with Gasteiger partial charge in [0.15, 0.2) is 5.11 Å². The van der Waals surface area contributed by atoms with Crippen molar-refractivity contribution in [3.05, 3.63) is 76.8 Å². The maximum atomic E-state index is 6.33. The van der Waals surface area contributed by atoms with Crippen LogP contribution in [0.2, 0.25) is 5.02 Å². The van der Waals surface area contributed by atoms with E-state index in [1.165, 1.54) is 0 Å². The summed E-state index contributed by atoms with van der Waals surface area (Å²) < 4.78 is 6.33. The number of nitrogens with one attached hydrogen (secondary N) is 1. The molecule has 0 spiro atoms. The Morgan fingerprint density at radius 1 is 1.21 bits per heavy atom. The van der Waals surface area contributed by atoms with Gasteiger partial charge >= 0.3 is 0 Å². The molecule has 1 saturated heterocycles. The van der Waals surface area contributed by atoms with Crippen LogP contribution in [0.25, 0.3) is 11.3 Å². The van der Waals surface area contributed by atoms with Crippen molar-refractivity contribution in [3.8, 4) is 11.3 Å². The number of pyridine rings is 1. The molecule has 2 aromatic heterocycles. The van der Waals surface area contributed by atoms with Crippen LogP contribution in [-0.2, 0) is 0 Å². The van der Waals surface area contributed by atoms with Gasteiger partial charge in [-0.15, -0.1) is 0 Å². The maximum absolute atomic E-state index is 6.33. The number of hydrogen-bond donors (Lipinski definition) is 1. The van der Waals surface area contributed by atoms with Crippen LogP contribution in [-0.4, -0.2) is 21.5 Å². The standard InChI is InChI=1S/C23H24ClN3OS/c1-14(2)13-27-22(21(26-23(27)29)18-6-4-5-11-25-18)20-10-9-19(28-20)16-8-7-15(3)17(24)12-16/h4-12,14,21-22H,13H2,1-3H3,(H,26,29)/t21-,22+/m0/s1. The quantitative estimate of drug-likeness (QED) is 0.513. The number of halogens is 1. The Hall–Kier alpha value is -2.37. The maximum Gasteiger partial charge on any atom is 0.170 e. The fourth-order valence-electron chi connectivity index (χ4n) is 3.72. The van der Waals surface area contributed by atoms with Crippen molar-refractivity contribution < 1.29 is 4.42 Å². The van der Waals surface area contributed by atoms with Gasteiger partial charge in [0, 0.05) is 23.3 Å². The molecule has 1 aliphatic rings. The molecule has 4 nitrogen and oxygen atoms in total. The second-order valence-corrected chi connectivity index (χ2v) is 8.63. The lowest BCUT2D eigenvalue weighted by molar-refractivity contribution is 0.253. The SMILES string of the molecule is Cc1ccc(-c2ccc([C@@H]3[C@H](c4ccccn4)NC(=S)N3CC(C)C)o2)cc1Cl. The molecule has 3 heterocycles. The first kappa shape index (κ1) is 19.9. The molecule has 1 N–H and O–H groups in total. The molecule has 29 heavy (non-hydrogen) atoms. The first-order chi connectivity index (χ1) is 13.9. The molecule has 6 heteroatoms. The lowest BCUT2D eigenvalue weighted by Gasteiger charge is -2.27. The lowest BCUT2D eigenvalue weighted by Crippen LogP contribution is -2.32. The topological polar surface area (TPSA) is 41.3 Å². The Balaban J connectivity index is 1.73. The van der Waals surface area contributed by atoms with Crippen molar-refractivity contribution in [2.24, 2.45) is 5.92 Å². The zero-order valence-corrected chi connectivity index (χ0v) is 18.3. The Bertz CT molecular complexity index is 1020. The molecule has 4 rings (SSSR count). The van der Waals surface area contributed by atoms with Gasteiger partial charge in [0.1, 0.15) is 17.6 Å². The van der Waals surface area contributed by atoms with E-state index >= 15 is 0 Å². The van der Waals surface area contributed by atoms with Gasteiger partial charge in [-0.1, -0.05) is 43.6 Å². The summed E-state index contributed by atoms with van der Waals surface area (Å²) in [4.78, 5) is 6.78. The molecule has 1 aromatic carbocycles. The van der Waals surface area contributed by atoms with Gasteiger partial charge in [-0.2, -0.15) is 0 Å². The predicted octanol–water partition coefficient (Wildman–Crippen LogP) is 5.93. The van der Waals surface area contributed by atoms with E-state index in [-0.39, 0.29) is 12.1 Å². The lowest BCUT2D eigenvalue weighted by atomic mass is 10.0. The van der Waals surface area contributed by atoms with E-state index in [0.29, 0.717) is 5.92 Å². The van der Waals surface area contributed by atoms with Crippen LogP contribution < -0.4 is 5.32 Å². The highest BCUT2D eigenvalue weighted by atomic mass is 35.5. The summed E-state index contributed by atoms with van der Waals surface area (Å²) in [6, 6.07) is 15.8. The average Bonchev–Trinajstić information content (AvgIpc) is 3.30. The number of furan rings is 1. The molecule has 3 aromatic rings. The van der Waals surface area contributed by atoms with E-state index in [0.717, 1.165) is 45.0 Å². The number of aromatic nitrogens is 1. The van der Waals surface area contributed by atoms with Crippen LogP contribution in [0, 0.1) is 12.8 Å². The smallest absolute Gasteiger partial charge is 0.170 e. The molecule has 150 valence electrons. The summed E-state index contributed by atoms with van der Waals surface area (Å²) in [6.07, 6.45) is 1.81. The summed E-state index contributed by atoms with van der Waals surface area (Å²) in [5.74, 6) is 2.12. The summed E-state index contributed by atoms with van der Waals surface area (Å²) in [7, 11) is 0. The molecule has 0 aliphatic carbocycles. The van der Waals surface area contributed by atoms with Crippen LogP contribution in [0.3, 0.4) is 0 Å². The third-order valence-electron chi connectivity index (χ3n) is 5.13. The Morgan fingerprint density at radius 3 is 2.72 bits per heavy atom. The number of benzene rings is 1. The van der Waals surface area contributed by atoms with E-state index < -0.39 is 0 Å². The highest BCUT2D eigenvalue weighted by Gasteiger charge is 2.41. The molecular formula is C23H24ClN3OS. The van der Waals surface area contributed by atoms with E-state index in [4.69, 9.17) is 28.2 Å². The van der Waals surface area contributed by atoms with Gasteiger partial charge in [0.25, 0.3) is 0 Å². The molecular weight excluding hydrogens is 402 g/mol. The van der Waals surface area contributed by atoms with E-state index in [2.05, 4.69) is 29.0 Å². The van der Waals surface area contributed by atoms with Crippen molar-refractivity contribution in [1.29, 1.82) is 0 Å². The normalized spacial score (nSPS) is 19.1. The highest BCUT2D eigenvalue weighted by Crippen LogP contribution is 2.41. The predicted molar refractivity (Wildman–Crippen MR) is 121 cm³/mol. The molecule has 1 fully saturated rings. The largest absolute Gasteiger partial charge is 0.459 e. The van der Waals surface area contributed by atoms with E-state index in [1.54, 1.807) is 0 Å². The molecule has 1 aliphatic heterocycles. The number of aryl methyl sites for hydroxylation is 1. The third kappa shape index (κ3) is 4.02. The van der Waals surface area contributed by atoms with Gasteiger partial charge in [-0.25, -0.2) is 0 Å². The summed E-state index contributed by atoms with van der Waals surface area (Å²) in [5.41, 5.74) is 2.96. The highest BCUT2D eigenvalue weighted by molar-refractivity contribution is 7.80. The Kier molecular flexibility index (Phi) is 5.61. The van der Waals surface area contributed by atoms with Crippen LogP contribution >= 0.6 is 23.8 Å². The van der Waals surface area contributed by atoms with Crippen molar-refractivity contribution in [3.63, 3.8) is 0 Å². The van der Waals surface area contributed by atoms with Crippen molar-refractivity contribution in [2.45, 2.75) is 32.9 Å². The van der Waals surface area contributed by atoms with E-state index in [1.807, 2.05) is 61.7 Å². The van der Waals surface area contributed by atoms with Gasteiger partial charge in [-0.05, 0) is 61.0 Å². The second kappa shape index (κ2) is 8.17. The molecule has 0 bridgehead atoms. The second-order valence-electron chi connectivity index (χ2n) is 7.84. The van der Waals surface area contributed by atoms with Crippen molar-refractivity contribution >= 4 is 28.9 Å². The van der Waals surface area contributed by atoms with Gasteiger partial charge in [0.2, 0.25) is 0 Å². The number of rotatable bonds is 5. The Morgan fingerprint density at radius 2 is 2.03 bits per heavy atom. The minimum atomic E-state index is -0.0666. The first-order valence-corrected chi connectivity index (χ1v) is 10.6. The Labute approximate surface area is 181 Å². The number of nitrogens with zero attached hydrogens (tertiary/aromatic N) is 2. The van der Waals surface area contributed by atoms with Gasteiger partial charge in [-0.3, -0.25) is 4.98 Å². The summed E-state index contributed by atoms with van der Waals surface area (Å²) in [6.45, 7) is 7.21. The van der Waals surface area contributed by atoms with Crippen LogP contribution in [0.1, 0.15) is 42.9 Å². The molecule has 0 radical (unpaired) electrons. The van der Waals surface area contributed by atoms with Gasteiger partial charge < -0.3 is 14.6 Å². The zero-order chi connectivity index (χ0) is 20.5. The summed E-state index contributed by atoms with van der Waals surface area (Å²) >= 11 is 12.0. The molecule has 0 saturated carbocycles. The summed E-state index contributed by atoms with van der Waals surface area (Å²) in [5, 5.41) is 4.92. The molecule has 0 amide bonds. The zero-order valence-electron chi connectivity index (χ0n) is 16.7. The molecule has 0 unspecified atom stereocenters. The van der Waals surface area contributed by atoms with Crippen LogP contribution in [0.4, 0.5) is 0 Å². The minimum absolute atomic E-state index is 0.0607. The minimum Gasteiger partial charge on any atom is -0.459 e. The fraction of sp³-hybridized carbons (Fsp3) is 0.304. The van der Waals surface area contributed by atoms with Crippen molar-refractivity contribution in [1.82, 2.24) is 15.2 Å². The number of thiocarbonyl (C=S) groups is 1. The van der Waals surface area contributed by atoms with E-state index in [9.17, 15) is 0 Å². The van der Waals surface area contributed by atoms with Crippen LogP contribution in [0.15, 0.2) is 59.1 Å². The van der Waals surface area contributed by atoms with Crippen molar-refractivity contribution in [2.75, 3.05) is 6.54 Å². The fourth-order valence-corrected chi connectivity index (χ4v) is 4.21. The first-order valence-electron chi connectivity index (χ1n) is 9.78. The third-order valence-corrected chi connectivity index (χ3v) is 5.89. The monoisotopic (exact) mass is 425 g/mol. The molecule has 2 atom stereocenters. The van der Waals surface area contributed by atoms with Gasteiger partial charge in [0.05, 0.1) is 11.7 Å². The number of hydrogen-bond acceptors (Lipinski definition) is 3.